The Morgan fingerprint density at radius 1 is 1.19 bits per heavy atom. The van der Waals surface area contributed by atoms with Crippen LogP contribution in [0.4, 0.5) is 11.4 Å². The molecule has 0 saturated heterocycles. The second-order valence-corrected chi connectivity index (χ2v) is 8.42. The zero-order valence-corrected chi connectivity index (χ0v) is 16.7. The molecule has 0 heterocycles. The van der Waals surface area contributed by atoms with Crippen LogP contribution in [0.25, 0.3) is 0 Å². The van der Waals surface area contributed by atoms with Gasteiger partial charge in [0.05, 0.1) is 11.9 Å². The smallest absolute Gasteiger partial charge is 0.232 e. The molecule has 0 radical (unpaired) electrons. The summed E-state index contributed by atoms with van der Waals surface area (Å²) in [7, 11) is -3.53. The van der Waals surface area contributed by atoms with Crippen molar-refractivity contribution in [2.75, 3.05) is 22.4 Å². The highest BCUT2D eigenvalue weighted by atomic mass is 35.5. The summed E-state index contributed by atoms with van der Waals surface area (Å²) in [6.45, 7) is 4.00. The Morgan fingerprint density at radius 2 is 1.88 bits per heavy atom. The highest BCUT2D eigenvalue weighted by molar-refractivity contribution is 7.92. The molecule has 0 unspecified atom stereocenters. The lowest BCUT2D eigenvalue weighted by molar-refractivity contribution is -0.116. The normalized spacial score (nSPS) is 11.2. The molecule has 26 heavy (non-hydrogen) atoms. The van der Waals surface area contributed by atoms with Crippen molar-refractivity contribution in [2.24, 2.45) is 0 Å². The second kappa shape index (κ2) is 8.56. The highest BCUT2D eigenvalue weighted by Crippen LogP contribution is 2.23. The average molecular weight is 395 g/mol. The van der Waals surface area contributed by atoms with Crippen molar-refractivity contribution < 1.29 is 13.2 Å². The molecule has 0 bridgehead atoms. The second-order valence-electron chi connectivity index (χ2n) is 6.08. The van der Waals surface area contributed by atoms with E-state index in [2.05, 4.69) is 5.32 Å². The average Bonchev–Trinajstić information content (AvgIpc) is 2.55. The Kier molecular flexibility index (Phi) is 6.67. The fourth-order valence-electron chi connectivity index (χ4n) is 2.72. The number of amides is 1. The van der Waals surface area contributed by atoms with Gasteiger partial charge in [-0.15, -0.1) is 0 Å². The lowest BCUT2D eigenvalue weighted by Gasteiger charge is -2.22. The molecule has 0 aliphatic heterocycles. The van der Waals surface area contributed by atoms with E-state index >= 15 is 0 Å². The molecule has 0 aliphatic carbocycles. The number of hydrogen-bond acceptors (Lipinski definition) is 3. The van der Waals surface area contributed by atoms with Gasteiger partial charge in [-0.1, -0.05) is 42.8 Å². The monoisotopic (exact) mass is 394 g/mol. The standard InChI is InChI=1S/C19H23ClN2O3S/c1-4-15-8-5-7-14(2)19(15)21-18(23)11-12-22(26(3,24)25)17-10-6-9-16(20)13-17/h5-10,13H,4,11-12H2,1-3H3,(H,21,23). The van der Waals surface area contributed by atoms with Crippen LogP contribution in [-0.2, 0) is 21.2 Å². The summed E-state index contributed by atoms with van der Waals surface area (Å²) in [4.78, 5) is 12.4. The summed E-state index contributed by atoms with van der Waals surface area (Å²) >= 11 is 5.96. The molecule has 2 aromatic rings. The third kappa shape index (κ3) is 5.22. The van der Waals surface area contributed by atoms with Crippen molar-refractivity contribution in [1.29, 1.82) is 0 Å². The number of carbonyl (C=O) groups excluding carboxylic acids is 1. The predicted molar refractivity (Wildman–Crippen MR) is 107 cm³/mol. The first-order chi connectivity index (χ1) is 12.2. The molecule has 1 N–H and O–H groups in total. The molecule has 7 heteroatoms. The number of para-hydroxylation sites is 1. The Hall–Kier alpha value is -2.05. The van der Waals surface area contributed by atoms with Crippen molar-refractivity contribution in [3.05, 3.63) is 58.6 Å². The van der Waals surface area contributed by atoms with E-state index in [0.29, 0.717) is 10.7 Å². The van der Waals surface area contributed by atoms with E-state index in [4.69, 9.17) is 11.6 Å². The fourth-order valence-corrected chi connectivity index (χ4v) is 3.83. The van der Waals surface area contributed by atoms with E-state index in [1.807, 2.05) is 32.0 Å². The molecule has 2 aromatic carbocycles. The van der Waals surface area contributed by atoms with Crippen LogP contribution in [0.1, 0.15) is 24.5 Å². The summed E-state index contributed by atoms with van der Waals surface area (Å²) in [6, 6.07) is 12.4. The molecular formula is C19H23ClN2O3S. The van der Waals surface area contributed by atoms with Crippen LogP contribution in [0.5, 0.6) is 0 Å². The summed E-state index contributed by atoms with van der Waals surface area (Å²) in [5.74, 6) is -0.232. The van der Waals surface area contributed by atoms with Crippen LogP contribution in [0.15, 0.2) is 42.5 Å². The van der Waals surface area contributed by atoms with Gasteiger partial charge in [-0.2, -0.15) is 0 Å². The quantitative estimate of drug-likeness (QED) is 0.771. The first-order valence-electron chi connectivity index (χ1n) is 8.34. The number of hydrogen-bond donors (Lipinski definition) is 1. The highest BCUT2D eigenvalue weighted by Gasteiger charge is 2.19. The molecule has 0 saturated carbocycles. The first-order valence-corrected chi connectivity index (χ1v) is 10.6. The van der Waals surface area contributed by atoms with Crippen LogP contribution >= 0.6 is 11.6 Å². The van der Waals surface area contributed by atoms with Crippen molar-refractivity contribution >= 4 is 38.9 Å². The van der Waals surface area contributed by atoms with Crippen LogP contribution in [0.3, 0.4) is 0 Å². The van der Waals surface area contributed by atoms with Gasteiger partial charge in [-0.05, 0) is 42.7 Å². The summed E-state index contributed by atoms with van der Waals surface area (Å²) in [6.07, 6.45) is 1.95. The Morgan fingerprint density at radius 3 is 2.50 bits per heavy atom. The zero-order valence-electron chi connectivity index (χ0n) is 15.1. The van der Waals surface area contributed by atoms with Gasteiger partial charge in [0.2, 0.25) is 15.9 Å². The summed E-state index contributed by atoms with van der Waals surface area (Å²) < 4.78 is 25.4. The van der Waals surface area contributed by atoms with E-state index in [-0.39, 0.29) is 18.9 Å². The maximum atomic E-state index is 12.4. The fraction of sp³-hybridized carbons (Fsp3) is 0.316. The molecule has 0 spiro atoms. The number of carbonyl (C=O) groups is 1. The van der Waals surface area contributed by atoms with Gasteiger partial charge in [-0.25, -0.2) is 8.42 Å². The van der Waals surface area contributed by atoms with Gasteiger partial charge in [0, 0.05) is 23.7 Å². The Bertz CT molecular complexity index is 897. The minimum atomic E-state index is -3.53. The van der Waals surface area contributed by atoms with Gasteiger partial charge in [-0.3, -0.25) is 9.10 Å². The molecule has 0 aromatic heterocycles. The molecule has 0 atom stereocenters. The van der Waals surface area contributed by atoms with E-state index in [1.165, 1.54) is 4.31 Å². The minimum absolute atomic E-state index is 0.0388. The van der Waals surface area contributed by atoms with Crippen LogP contribution < -0.4 is 9.62 Å². The largest absolute Gasteiger partial charge is 0.326 e. The van der Waals surface area contributed by atoms with Crippen molar-refractivity contribution in [3.63, 3.8) is 0 Å². The zero-order chi connectivity index (χ0) is 19.3. The number of benzene rings is 2. The lowest BCUT2D eigenvalue weighted by Crippen LogP contribution is -2.33. The molecular weight excluding hydrogens is 372 g/mol. The van der Waals surface area contributed by atoms with Gasteiger partial charge in [0.15, 0.2) is 0 Å². The summed E-state index contributed by atoms with van der Waals surface area (Å²) in [5.41, 5.74) is 3.27. The molecule has 1 amide bonds. The Labute approximate surface area is 160 Å². The van der Waals surface area contributed by atoms with Crippen molar-refractivity contribution in [3.8, 4) is 0 Å². The third-order valence-corrected chi connectivity index (χ3v) is 5.47. The first kappa shape index (κ1) is 20.3. The number of aryl methyl sites for hydroxylation is 2. The molecule has 2 rings (SSSR count). The maximum Gasteiger partial charge on any atom is 0.232 e. The summed E-state index contributed by atoms with van der Waals surface area (Å²) in [5, 5.41) is 3.35. The van der Waals surface area contributed by atoms with Crippen LogP contribution in [0.2, 0.25) is 5.02 Å². The van der Waals surface area contributed by atoms with Gasteiger partial charge in [0.25, 0.3) is 0 Å². The SMILES string of the molecule is CCc1cccc(C)c1NC(=O)CCN(c1cccc(Cl)c1)S(C)(=O)=O. The number of nitrogens with zero attached hydrogens (tertiary/aromatic N) is 1. The van der Waals surface area contributed by atoms with Gasteiger partial charge in [0.1, 0.15) is 0 Å². The number of rotatable bonds is 7. The van der Waals surface area contributed by atoms with Gasteiger partial charge >= 0.3 is 0 Å². The molecule has 5 nitrogen and oxygen atoms in total. The van der Waals surface area contributed by atoms with E-state index < -0.39 is 10.0 Å². The predicted octanol–water partition coefficient (Wildman–Crippen LogP) is 4.01. The van der Waals surface area contributed by atoms with Crippen molar-refractivity contribution in [1.82, 2.24) is 0 Å². The van der Waals surface area contributed by atoms with Crippen molar-refractivity contribution in [2.45, 2.75) is 26.7 Å². The number of halogens is 1. The van der Waals surface area contributed by atoms with Crippen LogP contribution in [0, 0.1) is 6.92 Å². The third-order valence-electron chi connectivity index (χ3n) is 4.04. The van der Waals surface area contributed by atoms with E-state index in [1.54, 1.807) is 24.3 Å². The lowest BCUT2D eigenvalue weighted by atomic mass is 10.1. The maximum absolute atomic E-state index is 12.4. The van der Waals surface area contributed by atoms with E-state index in [0.717, 1.165) is 29.5 Å². The van der Waals surface area contributed by atoms with E-state index in [9.17, 15) is 13.2 Å². The Balaban J connectivity index is 2.13. The number of nitrogens with one attached hydrogen (secondary N) is 1. The minimum Gasteiger partial charge on any atom is -0.326 e. The van der Waals surface area contributed by atoms with Crippen LogP contribution in [-0.4, -0.2) is 27.1 Å². The topological polar surface area (TPSA) is 66.5 Å². The molecule has 0 aliphatic rings. The van der Waals surface area contributed by atoms with Gasteiger partial charge < -0.3 is 5.32 Å². The molecule has 140 valence electrons. The number of anilines is 2. The molecule has 0 fully saturated rings. The number of sulfonamides is 1.